The summed E-state index contributed by atoms with van der Waals surface area (Å²) >= 11 is 0. The second-order valence-electron chi connectivity index (χ2n) is 8.40. The van der Waals surface area contributed by atoms with Crippen LogP contribution in [0.2, 0.25) is 0 Å². The van der Waals surface area contributed by atoms with Crippen molar-refractivity contribution in [1.29, 1.82) is 0 Å². The molecular weight excluding hydrogens is 394 g/mol. The van der Waals surface area contributed by atoms with Crippen molar-refractivity contribution in [3.05, 3.63) is 69.6 Å². The van der Waals surface area contributed by atoms with Gasteiger partial charge in [-0.1, -0.05) is 39.0 Å². The third-order valence-electron chi connectivity index (χ3n) is 4.96. The molecule has 0 aliphatic carbocycles. The molecule has 162 valence electrons. The number of benzene rings is 1. The Hall–Kier alpha value is -3.48. The van der Waals surface area contributed by atoms with Crippen molar-refractivity contribution in [2.45, 2.75) is 46.6 Å². The van der Waals surface area contributed by atoms with Gasteiger partial charge >= 0.3 is 5.97 Å². The van der Waals surface area contributed by atoms with Gasteiger partial charge in [0.25, 0.3) is 5.91 Å². The van der Waals surface area contributed by atoms with Gasteiger partial charge in [0.2, 0.25) is 5.43 Å². The van der Waals surface area contributed by atoms with Crippen molar-refractivity contribution < 1.29 is 14.3 Å². The molecule has 0 aliphatic heterocycles. The van der Waals surface area contributed by atoms with Crippen LogP contribution in [0.15, 0.2) is 47.4 Å². The van der Waals surface area contributed by atoms with Crippen LogP contribution >= 0.6 is 0 Å². The molecule has 1 aromatic carbocycles. The van der Waals surface area contributed by atoms with E-state index >= 15 is 0 Å². The fourth-order valence-corrected chi connectivity index (χ4v) is 3.39. The van der Waals surface area contributed by atoms with Crippen molar-refractivity contribution in [2.24, 2.45) is 0 Å². The molecule has 0 spiro atoms. The van der Waals surface area contributed by atoms with Gasteiger partial charge in [-0.15, -0.1) is 0 Å². The second kappa shape index (κ2) is 8.71. The lowest BCUT2D eigenvalue weighted by Gasteiger charge is -2.22. The maximum atomic E-state index is 12.8. The highest BCUT2D eigenvalue weighted by molar-refractivity contribution is 5.97. The summed E-state index contributed by atoms with van der Waals surface area (Å²) in [6, 6.07) is 10.9. The molecule has 0 fully saturated rings. The molecule has 31 heavy (non-hydrogen) atoms. The van der Waals surface area contributed by atoms with Crippen molar-refractivity contribution in [2.75, 3.05) is 11.9 Å². The number of pyridine rings is 2. The number of amides is 1. The average Bonchev–Trinajstić information content (AvgIpc) is 2.72. The zero-order valence-electron chi connectivity index (χ0n) is 18.5. The number of nitrogens with zero attached hydrogens (tertiary/aromatic N) is 2. The third kappa shape index (κ3) is 4.82. The lowest BCUT2D eigenvalue weighted by Crippen LogP contribution is -2.26. The first-order valence-corrected chi connectivity index (χ1v) is 10.2. The number of hydrogen-bond acceptors (Lipinski definition) is 5. The number of ether oxygens (including phenoxy) is 1. The molecule has 3 rings (SSSR count). The summed E-state index contributed by atoms with van der Waals surface area (Å²) in [7, 11) is 0. The molecule has 7 heteroatoms. The maximum absolute atomic E-state index is 12.8. The summed E-state index contributed by atoms with van der Waals surface area (Å²) in [5, 5.41) is 3.13. The summed E-state index contributed by atoms with van der Waals surface area (Å²) in [4.78, 5) is 42.2. The Kier molecular flexibility index (Phi) is 6.24. The van der Waals surface area contributed by atoms with Gasteiger partial charge in [-0.05, 0) is 43.0 Å². The van der Waals surface area contributed by atoms with E-state index in [-0.39, 0.29) is 11.0 Å². The molecule has 2 aromatic heterocycles. The molecule has 0 radical (unpaired) electrons. The Labute approximate surface area is 181 Å². The van der Waals surface area contributed by atoms with E-state index in [1.807, 2.05) is 52.8 Å². The molecule has 0 aliphatic rings. The van der Waals surface area contributed by atoms with Crippen molar-refractivity contribution >= 4 is 28.6 Å². The van der Waals surface area contributed by atoms with E-state index in [0.717, 1.165) is 11.3 Å². The van der Waals surface area contributed by atoms with Crippen LogP contribution in [0, 0.1) is 6.92 Å². The van der Waals surface area contributed by atoms with E-state index in [4.69, 9.17) is 4.74 Å². The van der Waals surface area contributed by atoms with Gasteiger partial charge < -0.3 is 14.6 Å². The van der Waals surface area contributed by atoms with Gasteiger partial charge in [-0.2, -0.15) is 0 Å². The highest BCUT2D eigenvalue weighted by atomic mass is 16.5. The average molecular weight is 421 g/mol. The smallest absolute Gasteiger partial charge is 0.344 e. The van der Waals surface area contributed by atoms with E-state index in [9.17, 15) is 14.4 Å². The van der Waals surface area contributed by atoms with Crippen LogP contribution < -0.4 is 10.7 Å². The maximum Gasteiger partial charge on any atom is 0.344 e. The van der Waals surface area contributed by atoms with Gasteiger partial charge in [0.05, 0.1) is 5.39 Å². The Balaban J connectivity index is 1.78. The Morgan fingerprint density at radius 1 is 1.13 bits per heavy atom. The first kappa shape index (κ1) is 22.2. The molecule has 0 saturated carbocycles. The van der Waals surface area contributed by atoms with Crippen LogP contribution in [-0.2, 0) is 21.5 Å². The van der Waals surface area contributed by atoms with Gasteiger partial charge in [-0.3, -0.25) is 9.59 Å². The van der Waals surface area contributed by atoms with Crippen LogP contribution in [0.25, 0.3) is 11.0 Å². The topological polar surface area (TPSA) is 90.3 Å². The minimum Gasteiger partial charge on any atom is -0.452 e. The van der Waals surface area contributed by atoms with Crippen LogP contribution in [-0.4, -0.2) is 28.0 Å². The zero-order valence-corrected chi connectivity index (χ0v) is 18.5. The third-order valence-corrected chi connectivity index (χ3v) is 4.96. The van der Waals surface area contributed by atoms with Crippen molar-refractivity contribution in [3.8, 4) is 0 Å². The number of aromatic nitrogens is 2. The molecule has 0 atom stereocenters. The minimum absolute atomic E-state index is 0.122. The van der Waals surface area contributed by atoms with E-state index in [1.54, 1.807) is 22.8 Å². The number of nitrogens with one attached hydrogen (secondary N) is 1. The Bertz CT molecular complexity index is 1210. The first-order valence-electron chi connectivity index (χ1n) is 10.2. The number of para-hydroxylation sites is 1. The SMILES string of the molecule is CCn1cc(C(=O)OCC(=O)Nc2ccccc2C(C)(C)C)c(=O)c2ccc(C)nc21. The lowest BCUT2D eigenvalue weighted by atomic mass is 9.86. The highest BCUT2D eigenvalue weighted by Crippen LogP contribution is 2.29. The van der Waals surface area contributed by atoms with Gasteiger partial charge in [-0.25, -0.2) is 9.78 Å². The van der Waals surface area contributed by atoms with Crippen LogP contribution in [0.5, 0.6) is 0 Å². The van der Waals surface area contributed by atoms with E-state index in [0.29, 0.717) is 23.3 Å². The molecule has 2 heterocycles. The predicted molar refractivity (Wildman–Crippen MR) is 120 cm³/mol. The number of rotatable bonds is 5. The number of anilines is 1. The standard InChI is InChI=1S/C24H27N3O4/c1-6-27-13-17(21(29)16-12-11-15(2)25-22(16)27)23(30)31-14-20(28)26-19-10-8-7-9-18(19)24(3,4)5/h7-13H,6,14H2,1-5H3,(H,26,28). The molecule has 1 amide bonds. The second-order valence-corrected chi connectivity index (χ2v) is 8.40. The molecule has 0 bridgehead atoms. The predicted octanol–water partition coefficient (Wildman–Crippen LogP) is 3.82. The normalized spacial score (nSPS) is 11.4. The molecule has 1 N–H and O–H groups in total. The monoisotopic (exact) mass is 421 g/mol. The van der Waals surface area contributed by atoms with Crippen LogP contribution in [0.1, 0.15) is 49.3 Å². The molecular formula is C24H27N3O4. The molecule has 0 unspecified atom stereocenters. The van der Waals surface area contributed by atoms with E-state index in [2.05, 4.69) is 10.3 Å². The van der Waals surface area contributed by atoms with Crippen LogP contribution in [0.4, 0.5) is 5.69 Å². The fourth-order valence-electron chi connectivity index (χ4n) is 3.39. The Morgan fingerprint density at radius 3 is 2.52 bits per heavy atom. The number of fused-ring (bicyclic) bond motifs is 1. The molecule has 0 saturated heterocycles. The summed E-state index contributed by atoms with van der Waals surface area (Å²) in [6.07, 6.45) is 1.44. The minimum atomic E-state index is -0.839. The summed E-state index contributed by atoms with van der Waals surface area (Å²) < 4.78 is 6.88. The number of aryl methyl sites for hydroxylation is 2. The number of carbonyl (C=O) groups excluding carboxylic acids is 2. The summed E-state index contributed by atoms with van der Waals surface area (Å²) in [5.41, 5.74) is 2.17. The summed E-state index contributed by atoms with van der Waals surface area (Å²) in [6.45, 7) is 9.91. The van der Waals surface area contributed by atoms with E-state index in [1.165, 1.54) is 6.20 Å². The molecule has 7 nitrogen and oxygen atoms in total. The quantitative estimate of drug-likeness (QED) is 0.633. The first-order chi connectivity index (χ1) is 14.6. The number of hydrogen-bond donors (Lipinski definition) is 1. The van der Waals surface area contributed by atoms with E-state index < -0.39 is 23.9 Å². The molecule has 3 aromatic rings. The van der Waals surface area contributed by atoms with Crippen molar-refractivity contribution in [1.82, 2.24) is 9.55 Å². The zero-order chi connectivity index (χ0) is 22.8. The summed E-state index contributed by atoms with van der Waals surface area (Å²) in [5.74, 6) is -1.31. The lowest BCUT2D eigenvalue weighted by molar-refractivity contribution is -0.119. The van der Waals surface area contributed by atoms with Gasteiger partial charge in [0, 0.05) is 24.1 Å². The van der Waals surface area contributed by atoms with Crippen LogP contribution in [0.3, 0.4) is 0 Å². The largest absolute Gasteiger partial charge is 0.452 e. The fraction of sp³-hybridized carbons (Fsp3) is 0.333. The number of esters is 1. The van der Waals surface area contributed by atoms with Gasteiger partial charge in [0.1, 0.15) is 11.2 Å². The van der Waals surface area contributed by atoms with Crippen molar-refractivity contribution in [3.63, 3.8) is 0 Å². The Morgan fingerprint density at radius 2 is 1.84 bits per heavy atom. The number of carbonyl (C=O) groups is 2. The van der Waals surface area contributed by atoms with Gasteiger partial charge in [0.15, 0.2) is 6.61 Å². The highest BCUT2D eigenvalue weighted by Gasteiger charge is 2.21.